The number of benzene rings is 3. The number of rotatable bonds is 12. The molecule has 0 aromatic heterocycles. The molecule has 44 heavy (non-hydrogen) atoms. The van der Waals surface area contributed by atoms with Crippen molar-refractivity contribution in [2.45, 2.75) is 6.42 Å². The molecule has 1 N–H and O–H groups in total. The third kappa shape index (κ3) is 8.32. The summed E-state index contributed by atoms with van der Waals surface area (Å²) >= 11 is 19.7. The van der Waals surface area contributed by atoms with E-state index in [1.807, 2.05) is 24.3 Å². The van der Waals surface area contributed by atoms with E-state index in [1.54, 1.807) is 35.2 Å². The van der Waals surface area contributed by atoms with Crippen LogP contribution in [0.1, 0.15) is 22.3 Å². The molecule has 0 radical (unpaired) electrons. The highest BCUT2D eigenvalue weighted by molar-refractivity contribution is 8.26. The fourth-order valence-electron chi connectivity index (χ4n) is 4.74. The van der Waals surface area contributed by atoms with Gasteiger partial charge in [0, 0.05) is 47.4 Å². The maximum Gasteiger partial charge on any atom is 0.335 e. The summed E-state index contributed by atoms with van der Waals surface area (Å²) in [4.78, 5) is 28.7. The van der Waals surface area contributed by atoms with Crippen LogP contribution >= 0.6 is 47.2 Å². The van der Waals surface area contributed by atoms with Crippen molar-refractivity contribution in [2.24, 2.45) is 0 Å². The molecule has 0 bridgehead atoms. The van der Waals surface area contributed by atoms with Gasteiger partial charge < -0.3 is 19.3 Å². The van der Waals surface area contributed by atoms with Gasteiger partial charge in [0.25, 0.3) is 5.91 Å². The van der Waals surface area contributed by atoms with Crippen molar-refractivity contribution < 1.29 is 28.9 Å². The minimum absolute atomic E-state index is 0.168. The highest BCUT2D eigenvalue weighted by Crippen LogP contribution is 2.39. The molecule has 12 heteroatoms. The number of morpholine rings is 1. The Balaban J connectivity index is 1.26. The average Bonchev–Trinajstić information content (AvgIpc) is 3.29. The van der Waals surface area contributed by atoms with Crippen LogP contribution in [0.2, 0.25) is 10.0 Å². The summed E-state index contributed by atoms with van der Waals surface area (Å²) in [6.45, 7) is 5.23. The zero-order valence-corrected chi connectivity index (χ0v) is 26.8. The number of thiocarbonyl (C=S) groups is 1. The zero-order valence-electron chi connectivity index (χ0n) is 23.7. The Morgan fingerprint density at radius 3 is 2.50 bits per heavy atom. The molecule has 5 rings (SSSR count). The van der Waals surface area contributed by atoms with Crippen LogP contribution in [-0.2, 0) is 9.53 Å². The minimum atomic E-state index is -0.993. The molecule has 0 unspecified atom stereocenters. The van der Waals surface area contributed by atoms with Crippen LogP contribution < -0.4 is 9.47 Å². The predicted octanol–water partition coefficient (Wildman–Crippen LogP) is 6.74. The molecule has 2 saturated heterocycles. The number of aromatic carboxylic acids is 1. The van der Waals surface area contributed by atoms with E-state index in [-0.39, 0.29) is 11.5 Å². The first-order valence-corrected chi connectivity index (χ1v) is 16.0. The van der Waals surface area contributed by atoms with E-state index in [0.717, 1.165) is 49.5 Å². The molecule has 230 valence electrons. The standard InChI is InChI=1S/C32H30Cl2N2O6S2/c33-23-5-8-27(34)25(20-23)26-18-21(2-9-28(26)42-17-13-35-11-15-40-16-12-35)19-29-30(37)36(32(43)44-29)10-1-14-41-24-6-3-22(4-7-24)31(38)39/h2-9,18-20H,1,10-17H2,(H,38,39). The zero-order chi connectivity index (χ0) is 31.1. The Bertz CT molecular complexity index is 1560. The van der Waals surface area contributed by atoms with Crippen molar-refractivity contribution in [3.63, 3.8) is 0 Å². The lowest BCUT2D eigenvalue weighted by molar-refractivity contribution is -0.122. The normalized spacial score (nSPS) is 16.5. The first-order valence-electron chi connectivity index (χ1n) is 14.0. The van der Waals surface area contributed by atoms with Gasteiger partial charge in [0.1, 0.15) is 22.4 Å². The largest absolute Gasteiger partial charge is 0.494 e. The molecule has 0 aliphatic carbocycles. The van der Waals surface area contributed by atoms with Gasteiger partial charge >= 0.3 is 5.97 Å². The van der Waals surface area contributed by atoms with Gasteiger partial charge in [0.2, 0.25) is 0 Å². The second-order valence-electron chi connectivity index (χ2n) is 10.0. The Morgan fingerprint density at radius 2 is 1.75 bits per heavy atom. The van der Waals surface area contributed by atoms with Gasteiger partial charge in [-0.1, -0.05) is 53.2 Å². The summed E-state index contributed by atoms with van der Waals surface area (Å²) in [6.07, 6.45) is 2.37. The maximum absolute atomic E-state index is 13.3. The lowest BCUT2D eigenvalue weighted by Gasteiger charge is -2.26. The molecule has 3 aromatic rings. The number of ether oxygens (including phenoxy) is 3. The van der Waals surface area contributed by atoms with Crippen molar-refractivity contribution in [1.82, 2.24) is 9.80 Å². The summed E-state index contributed by atoms with van der Waals surface area (Å²) in [5.74, 6) is 0.0698. The van der Waals surface area contributed by atoms with Crippen LogP contribution in [0.25, 0.3) is 17.2 Å². The number of amides is 1. The lowest BCUT2D eigenvalue weighted by Crippen LogP contribution is -2.38. The molecular weight excluding hydrogens is 643 g/mol. The molecule has 2 fully saturated rings. The molecule has 2 aliphatic rings. The van der Waals surface area contributed by atoms with Gasteiger partial charge in [-0.25, -0.2) is 4.79 Å². The van der Waals surface area contributed by atoms with E-state index in [0.29, 0.717) is 56.9 Å². The van der Waals surface area contributed by atoms with E-state index < -0.39 is 5.97 Å². The van der Waals surface area contributed by atoms with Crippen LogP contribution in [0.3, 0.4) is 0 Å². The molecule has 0 spiro atoms. The van der Waals surface area contributed by atoms with Crippen LogP contribution in [0.5, 0.6) is 11.5 Å². The Labute approximate surface area is 275 Å². The van der Waals surface area contributed by atoms with Gasteiger partial charge in [-0.15, -0.1) is 0 Å². The van der Waals surface area contributed by atoms with E-state index in [9.17, 15) is 9.59 Å². The van der Waals surface area contributed by atoms with Crippen molar-refractivity contribution in [3.05, 3.63) is 86.7 Å². The van der Waals surface area contributed by atoms with Crippen molar-refractivity contribution >= 4 is 69.5 Å². The van der Waals surface area contributed by atoms with E-state index in [2.05, 4.69) is 4.90 Å². The number of nitrogens with zero attached hydrogens (tertiary/aromatic N) is 2. The SMILES string of the molecule is O=C(O)c1ccc(OCCCN2C(=O)C(=Cc3ccc(OCCN4CCOCC4)c(-c4cc(Cl)ccc4Cl)c3)SC2=S)cc1. The molecule has 0 atom stereocenters. The number of hydrogen-bond donors (Lipinski definition) is 1. The number of carboxylic acids is 1. The fraction of sp³-hybridized carbons (Fsp3) is 0.281. The van der Waals surface area contributed by atoms with E-state index in [4.69, 9.17) is 54.7 Å². The number of hydrogen-bond acceptors (Lipinski definition) is 8. The predicted molar refractivity (Wildman–Crippen MR) is 178 cm³/mol. The highest BCUT2D eigenvalue weighted by atomic mass is 35.5. The topological polar surface area (TPSA) is 88.5 Å². The summed E-state index contributed by atoms with van der Waals surface area (Å²) in [5.41, 5.74) is 2.50. The van der Waals surface area contributed by atoms with Gasteiger partial charge in [-0.3, -0.25) is 14.6 Å². The summed E-state index contributed by atoms with van der Waals surface area (Å²) < 4.78 is 17.8. The van der Waals surface area contributed by atoms with E-state index >= 15 is 0 Å². The number of halogens is 2. The first kappa shape index (κ1) is 32.3. The van der Waals surface area contributed by atoms with Gasteiger partial charge in [0.15, 0.2) is 0 Å². The quantitative estimate of drug-likeness (QED) is 0.128. The maximum atomic E-state index is 13.3. The smallest absolute Gasteiger partial charge is 0.335 e. The molecular formula is C32H30Cl2N2O6S2. The van der Waals surface area contributed by atoms with Gasteiger partial charge in [0.05, 0.1) is 30.3 Å². The number of thioether (sulfide) groups is 1. The Morgan fingerprint density at radius 1 is 0.977 bits per heavy atom. The van der Waals surface area contributed by atoms with Gasteiger partial charge in [-0.2, -0.15) is 0 Å². The summed E-state index contributed by atoms with van der Waals surface area (Å²) in [5, 5.41) is 10.1. The summed E-state index contributed by atoms with van der Waals surface area (Å²) in [7, 11) is 0. The monoisotopic (exact) mass is 672 g/mol. The van der Waals surface area contributed by atoms with Crippen LogP contribution in [0.15, 0.2) is 65.6 Å². The molecule has 2 aliphatic heterocycles. The summed E-state index contributed by atoms with van der Waals surface area (Å²) in [6, 6.07) is 17.2. The van der Waals surface area contributed by atoms with Crippen molar-refractivity contribution in [1.29, 1.82) is 0 Å². The number of carbonyl (C=O) groups is 2. The average molecular weight is 674 g/mol. The highest BCUT2D eigenvalue weighted by Gasteiger charge is 2.31. The molecule has 8 nitrogen and oxygen atoms in total. The third-order valence-corrected chi connectivity index (χ3v) is 9.00. The first-order chi connectivity index (χ1) is 21.3. The van der Waals surface area contributed by atoms with Crippen LogP contribution in [0, 0.1) is 0 Å². The molecule has 2 heterocycles. The molecule has 0 saturated carbocycles. The minimum Gasteiger partial charge on any atom is -0.494 e. The molecule has 3 aromatic carbocycles. The number of carboxylic acid groups (broad SMARTS) is 1. The third-order valence-electron chi connectivity index (χ3n) is 7.06. The second-order valence-corrected chi connectivity index (χ2v) is 12.6. The van der Waals surface area contributed by atoms with E-state index in [1.165, 1.54) is 23.9 Å². The van der Waals surface area contributed by atoms with Crippen LogP contribution in [0.4, 0.5) is 0 Å². The van der Waals surface area contributed by atoms with Crippen molar-refractivity contribution in [3.8, 4) is 22.6 Å². The van der Waals surface area contributed by atoms with Crippen molar-refractivity contribution in [2.75, 3.05) is 52.6 Å². The lowest BCUT2D eigenvalue weighted by atomic mass is 10.0. The van der Waals surface area contributed by atoms with Crippen LogP contribution in [-0.4, -0.2) is 83.7 Å². The number of carbonyl (C=O) groups excluding carboxylic acids is 1. The Hall–Kier alpha value is -3.12. The van der Waals surface area contributed by atoms with Gasteiger partial charge in [-0.05, 0) is 72.7 Å². The fourth-order valence-corrected chi connectivity index (χ4v) is 6.44. The second kappa shape index (κ2) is 15.2. The molecule has 1 amide bonds. The Kier molecular flexibility index (Phi) is 11.2.